The van der Waals surface area contributed by atoms with Gasteiger partial charge in [-0.05, 0) is 57.2 Å². The van der Waals surface area contributed by atoms with E-state index in [0.717, 1.165) is 0 Å². The van der Waals surface area contributed by atoms with Gasteiger partial charge in [0.25, 0.3) is 5.92 Å². The number of benzene rings is 1. The Labute approximate surface area is 235 Å². The van der Waals surface area contributed by atoms with Gasteiger partial charge in [0.1, 0.15) is 11.9 Å². The molecule has 1 heterocycles. The van der Waals surface area contributed by atoms with Gasteiger partial charge in [0.15, 0.2) is 5.78 Å². The smallest absolute Gasteiger partial charge is 0.251 e. The molecule has 4 fully saturated rings. The molecular formula is C26H31Cl2F4N3O3S. The minimum absolute atomic E-state index is 0.0309. The number of hydrogen-bond donors (Lipinski definition) is 1. The third-order valence-corrected chi connectivity index (χ3v) is 11.3. The van der Waals surface area contributed by atoms with E-state index in [-0.39, 0.29) is 36.6 Å². The average molecular weight is 613 g/mol. The normalized spacial score (nSPS) is 31.9. The monoisotopic (exact) mass is 611 g/mol. The van der Waals surface area contributed by atoms with Gasteiger partial charge >= 0.3 is 0 Å². The number of ketones is 1. The van der Waals surface area contributed by atoms with Crippen LogP contribution >= 0.6 is 23.2 Å². The molecule has 1 aromatic carbocycles. The fourth-order valence-electron chi connectivity index (χ4n) is 6.44. The van der Waals surface area contributed by atoms with Crippen LogP contribution in [0.1, 0.15) is 64.4 Å². The van der Waals surface area contributed by atoms with Crippen LogP contribution in [0.4, 0.5) is 17.6 Å². The zero-order valence-corrected chi connectivity index (χ0v) is 24.0. The Hall–Kier alpha value is -1.43. The molecule has 0 spiro atoms. The lowest BCUT2D eigenvalue weighted by Gasteiger charge is -2.73. The van der Waals surface area contributed by atoms with E-state index in [1.165, 1.54) is 4.31 Å². The first-order chi connectivity index (χ1) is 18.0. The summed E-state index contributed by atoms with van der Waals surface area (Å²) in [6.07, 6.45) is -2.20. The Bertz CT molecular complexity index is 1300. The van der Waals surface area contributed by atoms with E-state index in [0.29, 0.717) is 35.7 Å². The molecule has 6 rings (SSSR count). The van der Waals surface area contributed by atoms with Gasteiger partial charge in [0.2, 0.25) is 16.4 Å². The maximum absolute atomic E-state index is 13.3. The summed E-state index contributed by atoms with van der Waals surface area (Å²) in [5, 5.41) is 3.93. The van der Waals surface area contributed by atoms with Crippen molar-refractivity contribution >= 4 is 44.8 Å². The fraction of sp³-hybridized carbons (Fsp3) is 0.692. The Balaban J connectivity index is 1.31. The zero-order chi connectivity index (χ0) is 28.6. The number of nitrogens with zero attached hydrogens (tertiary/aromatic N) is 2. The Kier molecular flexibility index (Phi) is 7.13. The van der Waals surface area contributed by atoms with E-state index < -0.39 is 63.0 Å². The van der Waals surface area contributed by atoms with Gasteiger partial charge < -0.3 is 5.32 Å². The molecule has 0 amide bonds. The molecule has 39 heavy (non-hydrogen) atoms. The van der Waals surface area contributed by atoms with Gasteiger partial charge in [-0.3, -0.25) is 9.79 Å². The SMILES string of the molecule is CC1(C)NC(C23CC(N(Cc4ccc(Cl)c(Cl)c4)S(=O)(=O)CCC(F)F)(C2)C3)=N[C@H]1C(=O)CCC1CC1(F)F. The number of alkyl halides is 4. The van der Waals surface area contributed by atoms with Gasteiger partial charge in [0.05, 0.1) is 21.3 Å². The molecule has 0 saturated heterocycles. The molecule has 6 nitrogen and oxygen atoms in total. The van der Waals surface area contributed by atoms with E-state index in [9.17, 15) is 30.8 Å². The molecular weight excluding hydrogens is 581 g/mol. The molecule has 2 bridgehead atoms. The summed E-state index contributed by atoms with van der Waals surface area (Å²) in [4.78, 5) is 17.6. The van der Waals surface area contributed by atoms with Crippen LogP contribution < -0.4 is 5.32 Å². The number of nitrogens with one attached hydrogen (secondary N) is 1. The summed E-state index contributed by atoms with van der Waals surface area (Å²) in [6.45, 7) is 3.64. The quantitative estimate of drug-likeness (QED) is 0.300. The van der Waals surface area contributed by atoms with Gasteiger partial charge in [0, 0.05) is 42.7 Å². The molecule has 1 aromatic rings. The summed E-state index contributed by atoms with van der Waals surface area (Å²) in [7, 11) is -4.03. The largest absolute Gasteiger partial charge is 0.366 e. The first-order valence-corrected chi connectivity index (χ1v) is 15.3. The molecule has 0 radical (unpaired) electrons. The van der Waals surface area contributed by atoms with Gasteiger partial charge in [-0.1, -0.05) is 29.3 Å². The molecule has 1 unspecified atom stereocenters. The summed E-state index contributed by atoms with van der Waals surface area (Å²) in [5.41, 5.74) is -1.30. The van der Waals surface area contributed by atoms with Crippen LogP contribution in [0.5, 0.6) is 0 Å². The maximum atomic E-state index is 13.3. The first-order valence-electron chi connectivity index (χ1n) is 13.0. The summed E-state index contributed by atoms with van der Waals surface area (Å²) in [5.74, 6) is -3.65. The minimum Gasteiger partial charge on any atom is -0.366 e. The van der Waals surface area contributed by atoms with Crippen molar-refractivity contribution < 1.29 is 30.8 Å². The highest BCUT2D eigenvalue weighted by atomic mass is 35.5. The predicted molar refractivity (Wildman–Crippen MR) is 141 cm³/mol. The molecule has 0 aromatic heterocycles. The number of carbonyl (C=O) groups is 1. The highest BCUT2D eigenvalue weighted by Gasteiger charge is 2.75. The van der Waals surface area contributed by atoms with E-state index in [2.05, 4.69) is 5.32 Å². The second-order valence-corrected chi connectivity index (χ2v) is 15.0. The van der Waals surface area contributed by atoms with Crippen molar-refractivity contribution in [2.24, 2.45) is 16.3 Å². The van der Waals surface area contributed by atoms with Crippen molar-refractivity contribution in [3.8, 4) is 0 Å². The van der Waals surface area contributed by atoms with Gasteiger partial charge in [-0.15, -0.1) is 0 Å². The first kappa shape index (κ1) is 29.1. The third-order valence-electron chi connectivity index (χ3n) is 8.66. The second kappa shape index (κ2) is 9.56. The lowest BCUT2D eigenvalue weighted by atomic mass is 9.38. The number of sulfonamides is 1. The number of rotatable bonds is 12. The van der Waals surface area contributed by atoms with Crippen molar-refractivity contribution in [2.45, 2.75) is 94.8 Å². The third kappa shape index (κ3) is 5.33. The molecule has 4 saturated carbocycles. The molecule has 5 aliphatic rings. The molecule has 2 atom stereocenters. The summed E-state index contributed by atoms with van der Waals surface area (Å²) >= 11 is 12.1. The molecule has 4 aliphatic carbocycles. The van der Waals surface area contributed by atoms with Crippen molar-refractivity contribution in [3.63, 3.8) is 0 Å². The maximum Gasteiger partial charge on any atom is 0.251 e. The molecule has 1 aliphatic heterocycles. The predicted octanol–water partition coefficient (Wildman–Crippen LogP) is 5.86. The number of amidine groups is 1. The van der Waals surface area contributed by atoms with Crippen LogP contribution in [0.2, 0.25) is 10.0 Å². The van der Waals surface area contributed by atoms with E-state index in [4.69, 9.17) is 28.2 Å². The van der Waals surface area contributed by atoms with E-state index >= 15 is 0 Å². The van der Waals surface area contributed by atoms with E-state index in [1.54, 1.807) is 18.2 Å². The Morgan fingerprint density at radius 1 is 1.18 bits per heavy atom. The summed E-state index contributed by atoms with van der Waals surface area (Å²) in [6, 6.07) is 4.07. The van der Waals surface area contributed by atoms with Crippen molar-refractivity contribution in [1.29, 1.82) is 0 Å². The molecule has 216 valence electrons. The van der Waals surface area contributed by atoms with Crippen molar-refractivity contribution in [2.75, 3.05) is 5.75 Å². The average Bonchev–Trinajstić information content (AvgIpc) is 3.26. The number of Topliss-reactive ketones (excluding diaryl/α,β-unsaturated/α-hetero) is 1. The van der Waals surface area contributed by atoms with Crippen molar-refractivity contribution in [1.82, 2.24) is 9.62 Å². The molecule has 13 heteroatoms. The standard InChI is InChI=1S/C26H31Cl2F4N3O3S/c1-23(2)21(19(36)6-4-16-10-26(16,31)32)33-22(34-23)24-12-25(13-24,14-24)35(39(37,38)8-7-20(29)30)11-15-3-5-17(27)18(28)9-15/h3,5,9,16,20-21H,4,6-8,10-14H2,1-2H3,(H,33,34)/t16?,21-,24?,25?/m0/s1. The van der Waals surface area contributed by atoms with Crippen molar-refractivity contribution in [3.05, 3.63) is 33.8 Å². The number of halogens is 6. The Morgan fingerprint density at radius 2 is 1.82 bits per heavy atom. The topological polar surface area (TPSA) is 78.8 Å². The van der Waals surface area contributed by atoms with E-state index in [1.807, 2.05) is 13.8 Å². The van der Waals surface area contributed by atoms with Crippen LogP contribution in [0.15, 0.2) is 23.2 Å². The minimum atomic E-state index is -4.03. The van der Waals surface area contributed by atoms with Crippen LogP contribution in [0, 0.1) is 11.3 Å². The van der Waals surface area contributed by atoms with Crippen LogP contribution in [0.3, 0.4) is 0 Å². The zero-order valence-electron chi connectivity index (χ0n) is 21.6. The number of carbonyl (C=O) groups excluding carboxylic acids is 1. The molecule has 1 N–H and O–H groups in total. The number of hydrogen-bond acceptors (Lipinski definition) is 5. The summed E-state index contributed by atoms with van der Waals surface area (Å²) < 4.78 is 80.3. The highest BCUT2D eigenvalue weighted by Crippen LogP contribution is 2.71. The van der Waals surface area contributed by atoms with Gasteiger partial charge in [-0.2, -0.15) is 4.31 Å². The fourth-order valence-corrected chi connectivity index (χ4v) is 8.59. The van der Waals surface area contributed by atoms with Crippen LogP contribution in [-0.4, -0.2) is 59.6 Å². The van der Waals surface area contributed by atoms with Gasteiger partial charge in [-0.25, -0.2) is 26.0 Å². The lowest BCUT2D eigenvalue weighted by Crippen LogP contribution is -2.78. The Morgan fingerprint density at radius 3 is 2.38 bits per heavy atom. The number of aliphatic imine (C=N–C) groups is 1. The lowest BCUT2D eigenvalue weighted by molar-refractivity contribution is -0.151. The van der Waals surface area contributed by atoms with Crippen LogP contribution in [0.25, 0.3) is 0 Å². The van der Waals surface area contributed by atoms with Crippen LogP contribution in [-0.2, 0) is 21.4 Å². The highest BCUT2D eigenvalue weighted by molar-refractivity contribution is 7.89. The second-order valence-electron chi connectivity index (χ2n) is 12.2.